The van der Waals surface area contributed by atoms with Crippen molar-refractivity contribution in [3.05, 3.63) is 39.7 Å². The van der Waals surface area contributed by atoms with E-state index in [0.717, 1.165) is 12.1 Å². The van der Waals surface area contributed by atoms with E-state index in [4.69, 9.17) is 4.74 Å². The zero-order valence-corrected chi connectivity index (χ0v) is 8.86. The molecule has 0 saturated carbocycles. The molecule has 0 amide bonds. The molecule has 1 heterocycles. The largest absolute Gasteiger partial charge is 0.476 e. The molecule has 1 aromatic carbocycles. The van der Waals surface area contributed by atoms with Gasteiger partial charge in [-0.05, 0) is 32.1 Å². The molecule has 0 aromatic heterocycles. The van der Waals surface area contributed by atoms with Gasteiger partial charge in [0, 0.05) is 6.07 Å². The second kappa shape index (κ2) is 3.30. The second-order valence-electron chi connectivity index (χ2n) is 4.11. The zero-order valence-electron chi connectivity index (χ0n) is 8.86. The molecule has 5 heteroatoms. The number of rotatable bonds is 1. The standard InChI is InChI=1S/C11H10FNO3/c1-11(2)6-5-7-8(12)3-4-9(13(14)15)10(7)16-11/h3-6H,1-2H3. The molecule has 2 rings (SSSR count). The number of nitro groups is 1. The van der Waals surface area contributed by atoms with Gasteiger partial charge in [0.25, 0.3) is 0 Å². The van der Waals surface area contributed by atoms with E-state index < -0.39 is 16.3 Å². The van der Waals surface area contributed by atoms with Crippen LogP contribution in [-0.4, -0.2) is 10.5 Å². The third kappa shape index (κ3) is 1.64. The maximum atomic E-state index is 13.4. The van der Waals surface area contributed by atoms with E-state index in [-0.39, 0.29) is 17.0 Å². The molecule has 1 aliphatic heterocycles. The Labute approximate surface area is 91.5 Å². The van der Waals surface area contributed by atoms with E-state index >= 15 is 0 Å². The van der Waals surface area contributed by atoms with Crippen LogP contribution in [0.1, 0.15) is 19.4 Å². The van der Waals surface area contributed by atoms with Gasteiger partial charge in [0.1, 0.15) is 11.4 Å². The molecule has 0 aliphatic carbocycles. The topological polar surface area (TPSA) is 52.4 Å². The quantitative estimate of drug-likeness (QED) is 0.543. The molecule has 16 heavy (non-hydrogen) atoms. The maximum Gasteiger partial charge on any atom is 0.311 e. The van der Waals surface area contributed by atoms with Crippen molar-refractivity contribution >= 4 is 11.8 Å². The van der Waals surface area contributed by atoms with Crippen LogP contribution in [0.25, 0.3) is 6.08 Å². The lowest BCUT2D eigenvalue weighted by atomic mass is 10.0. The third-order valence-corrected chi connectivity index (χ3v) is 2.34. The van der Waals surface area contributed by atoms with Gasteiger partial charge in [-0.25, -0.2) is 4.39 Å². The van der Waals surface area contributed by atoms with Gasteiger partial charge < -0.3 is 4.74 Å². The smallest absolute Gasteiger partial charge is 0.311 e. The lowest BCUT2D eigenvalue weighted by Crippen LogP contribution is -2.28. The monoisotopic (exact) mass is 223 g/mol. The van der Waals surface area contributed by atoms with E-state index in [2.05, 4.69) is 0 Å². The zero-order chi connectivity index (χ0) is 11.9. The Morgan fingerprint density at radius 2 is 2.12 bits per heavy atom. The first-order valence-corrected chi connectivity index (χ1v) is 4.76. The number of benzene rings is 1. The van der Waals surface area contributed by atoms with Gasteiger partial charge in [0.2, 0.25) is 5.75 Å². The fraction of sp³-hybridized carbons (Fsp3) is 0.273. The second-order valence-corrected chi connectivity index (χ2v) is 4.11. The predicted molar refractivity (Wildman–Crippen MR) is 56.8 cm³/mol. The molecule has 0 bridgehead atoms. The summed E-state index contributed by atoms with van der Waals surface area (Å²) in [5, 5.41) is 10.8. The van der Waals surface area contributed by atoms with E-state index in [1.54, 1.807) is 19.9 Å². The number of hydrogen-bond donors (Lipinski definition) is 0. The van der Waals surface area contributed by atoms with E-state index in [1.807, 2.05) is 0 Å². The summed E-state index contributed by atoms with van der Waals surface area (Å²) in [6, 6.07) is 2.19. The van der Waals surface area contributed by atoms with Crippen molar-refractivity contribution in [2.75, 3.05) is 0 Å². The van der Waals surface area contributed by atoms with E-state index in [1.165, 1.54) is 6.08 Å². The normalized spacial score (nSPS) is 16.4. The Morgan fingerprint density at radius 1 is 1.44 bits per heavy atom. The van der Waals surface area contributed by atoms with Crippen LogP contribution < -0.4 is 4.74 Å². The molecule has 0 fully saturated rings. The van der Waals surface area contributed by atoms with Crippen molar-refractivity contribution in [2.24, 2.45) is 0 Å². The number of halogens is 1. The molecule has 1 aliphatic rings. The van der Waals surface area contributed by atoms with Crippen LogP contribution in [-0.2, 0) is 0 Å². The molecule has 4 nitrogen and oxygen atoms in total. The first-order valence-electron chi connectivity index (χ1n) is 4.76. The molecule has 0 atom stereocenters. The fourth-order valence-corrected chi connectivity index (χ4v) is 1.55. The van der Waals surface area contributed by atoms with Crippen molar-refractivity contribution < 1.29 is 14.1 Å². The van der Waals surface area contributed by atoms with Crippen molar-refractivity contribution in [1.29, 1.82) is 0 Å². The predicted octanol–water partition coefficient (Wildman–Crippen LogP) is 2.92. The van der Waals surface area contributed by atoms with Crippen molar-refractivity contribution in [3.8, 4) is 5.75 Å². The summed E-state index contributed by atoms with van der Waals surface area (Å²) < 4.78 is 18.8. The highest BCUT2D eigenvalue weighted by Crippen LogP contribution is 2.39. The molecular weight excluding hydrogens is 213 g/mol. The highest BCUT2D eigenvalue weighted by Gasteiger charge is 2.30. The van der Waals surface area contributed by atoms with Crippen molar-refractivity contribution in [1.82, 2.24) is 0 Å². The molecule has 0 radical (unpaired) electrons. The van der Waals surface area contributed by atoms with Gasteiger partial charge in [0.15, 0.2) is 0 Å². The molecule has 84 valence electrons. The van der Waals surface area contributed by atoms with Crippen LogP contribution in [0.3, 0.4) is 0 Å². The van der Waals surface area contributed by atoms with Crippen molar-refractivity contribution in [3.63, 3.8) is 0 Å². The van der Waals surface area contributed by atoms with Crippen LogP contribution in [0.15, 0.2) is 18.2 Å². The number of nitrogens with zero attached hydrogens (tertiary/aromatic N) is 1. The average Bonchev–Trinajstić information content (AvgIpc) is 2.15. The lowest BCUT2D eigenvalue weighted by Gasteiger charge is -2.27. The van der Waals surface area contributed by atoms with Gasteiger partial charge in [-0.3, -0.25) is 10.1 Å². The summed E-state index contributed by atoms with van der Waals surface area (Å²) in [5.74, 6) is -0.523. The van der Waals surface area contributed by atoms with Crippen molar-refractivity contribution in [2.45, 2.75) is 19.4 Å². The minimum atomic E-state index is -0.661. The molecule has 0 saturated heterocycles. The van der Waals surface area contributed by atoms with Gasteiger partial charge in [-0.1, -0.05) is 0 Å². The first-order chi connectivity index (χ1) is 7.41. The van der Waals surface area contributed by atoms with Crippen LogP contribution in [0.4, 0.5) is 10.1 Å². The number of nitro benzene ring substituents is 1. The van der Waals surface area contributed by atoms with Gasteiger partial charge in [-0.2, -0.15) is 0 Å². The van der Waals surface area contributed by atoms with E-state index in [9.17, 15) is 14.5 Å². The Balaban J connectivity index is 2.65. The number of hydrogen-bond acceptors (Lipinski definition) is 3. The summed E-state index contributed by atoms with van der Waals surface area (Å²) in [7, 11) is 0. The Hall–Kier alpha value is -1.91. The Bertz CT molecular complexity index is 494. The van der Waals surface area contributed by atoms with Gasteiger partial charge in [-0.15, -0.1) is 0 Å². The molecule has 0 spiro atoms. The summed E-state index contributed by atoms with van der Waals surface area (Å²) >= 11 is 0. The SMILES string of the molecule is CC1(C)C=Cc2c(F)ccc([N+](=O)[O-])c2O1. The summed E-state index contributed by atoms with van der Waals surface area (Å²) in [6.45, 7) is 3.50. The Kier molecular flexibility index (Phi) is 2.18. The van der Waals surface area contributed by atoms with Gasteiger partial charge >= 0.3 is 5.69 Å². The van der Waals surface area contributed by atoms with E-state index in [0.29, 0.717) is 0 Å². The fourth-order valence-electron chi connectivity index (χ4n) is 1.55. The highest BCUT2D eigenvalue weighted by molar-refractivity contribution is 5.68. The Morgan fingerprint density at radius 3 is 2.75 bits per heavy atom. The number of ether oxygens (including phenoxy) is 1. The highest BCUT2D eigenvalue weighted by atomic mass is 19.1. The lowest BCUT2D eigenvalue weighted by molar-refractivity contribution is -0.386. The maximum absolute atomic E-state index is 13.4. The van der Waals surface area contributed by atoms with Crippen LogP contribution in [0.5, 0.6) is 5.75 Å². The molecular formula is C11H10FNO3. The molecule has 1 aromatic rings. The summed E-state index contributed by atoms with van der Waals surface area (Å²) in [4.78, 5) is 10.2. The summed E-state index contributed by atoms with van der Waals surface area (Å²) in [5.41, 5.74) is -0.742. The average molecular weight is 223 g/mol. The third-order valence-electron chi connectivity index (χ3n) is 2.34. The summed E-state index contributed by atoms with van der Waals surface area (Å²) in [6.07, 6.45) is 3.18. The molecule has 0 N–H and O–H groups in total. The van der Waals surface area contributed by atoms with Gasteiger partial charge in [0.05, 0.1) is 10.5 Å². The molecule has 0 unspecified atom stereocenters. The minimum absolute atomic E-state index is 0.00231. The van der Waals surface area contributed by atoms with Crippen LogP contribution in [0.2, 0.25) is 0 Å². The van der Waals surface area contributed by atoms with Crippen LogP contribution in [0, 0.1) is 15.9 Å². The minimum Gasteiger partial charge on any atom is -0.476 e. The van der Waals surface area contributed by atoms with Crippen LogP contribution >= 0.6 is 0 Å². The first kappa shape index (κ1) is 10.6. The number of fused-ring (bicyclic) bond motifs is 1.